The first kappa shape index (κ1) is 16.7. The van der Waals surface area contributed by atoms with Crippen molar-refractivity contribution in [2.75, 3.05) is 0 Å². The van der Waals surface area contributed by atoms with Crippen LogP contribution in [0.4, 0.5) is 0 Å². The van der Waals surface area contributed by atoms with Gasteiger partial charge in [-0.05, 0) is 37.0 Å². The molecule has 0 saturated carbocycles. The number of hydrogen-bond acceptors (Lipinski definition) is 3. The molecule has 0 aliphatic heterocycles. The maximum Gasteiger partial charge on any atom is 0.272 e. The molecule has 2 atom stereocenters. The number of carbonyl (C=O) groups excluding carboxylic acids is 1. The second-order valence-corrected chi connectivity index (χ2v) is 6.51. The van der Waals surface area contributed by atoms with Crippen molar-refractivity contribution in [3.05, 3.63) is 52.8 Å². The number of nitrogens with zero attached hydrogens (tertiary/aromatic N) is 2. The second kappa shape index (κ2) is 6.77. The number of aliphatic hydroxyl groups is 1. The molecule has 2 aromatic rings. The highest BCUT2D eigenvalue weighted by atomic mass is 16.3. The van der Waals surface area contributed by atoms with Gasteiger partial charge in [-0.3, -0.25) is 9.48 Å². The molecule has 5 heteroatoms. The Morgan fingerprint density at radius 1 is 1.38 bits per heavy atom. The molecule has 3 rings (SSSR count). The first-order valence-corrected chi connectivity index (χ1v) is 8.68. The molecule has 128 valence electrons. The molecule has 24 heavy (non-hydrogen) atoms. The van der Waals surface area contributed by atoms with E-state index in [1.807, 2.05) is 41.9 Å². The minimum absolute atomic E-state index is 0.233. The zero-order chi connectivity index (χ0) is 17.3. The van der Waals surface area contributed by atoms with Crippen LogP contribution in [-0.4, -0.2) is 26.9 Å². The maximum atomic E-state index is 12.6. The van der Waals surface area contributed by atoms with Gasteiger partial charge >= 0.3 is 0 Å². The number of carbonyl (C=O) groups is 1. The predicted octanol–water partition coefficient (Wildman–Crippen LogP) is 2.94. The zero-order valence-electron chi connectivity index (χ0n) is 14.5. The molecule has 1 aromatic carbocycles. The number of benzene rings is 1. The van der Waals surface area contributed by atoms with Crippen molar-refractivity contribution in [3.63, 3.8) is 0 Å². The van der Waals surface area contributed by atoms with Crippen LogP contribution in [0.2, 0.25) is 0 Å². The van der Waals surface area contributed by atoms with E-state index in [1.165, 1.54) is 0 Å². The van der Waals surface area contributed by atoms with Crippen molar-refractivity contribution in [2.24, 2.45) is 0 Å². The van der Waals surface area contributed by atoms with E-state index in [1.54, 1.807) is 0 Å². The lowest BCUT2D eigenvalue weighted by Crippen LogP contribution is -2.34. The molecular formula is C19H25N3O2. The van der Waals surface area contributed by atoms with Crippen LogP contribution in [0.1, 0.15) is 66.1 Å². The molecule has 5 nitrogen and oxygen atoms in total. The molecule has 2 N–H and O–H groups in total. The Balaban J connectivity index is 1.80. The number of aryl methyl sites for hydroxylation is 1. The minimum atomic E-state index is -0.589. The molecular weight excluding hydrogens is 302 g/mol. The van der Waals surface area contributed by atoms with Crippen molar-refractivity contribution < 1.29 is 9.90 Å². The lowest BCUT2D eigenvalue weighted by Gasteiger charge is -2.17. The van der Waals surface area contributed by atoms with Gasteiger partial charge in [-0.25, -0.2) is 0 Å². The summed E-state index contributed by atoms with van der Waals surface area (Å²) in [5.74, 6) is -0.233. The summed E-state index contributed by atoms with van der Waals surface area (Å²) in [5, 5.41) is 17.7. The Labute approximate surface area is 142 Å². The fraction of sp³-hybridized carbons (Fsp3) is 0.474. The lowest BCUT2D eigenvalue weighted by molar-refractivity contribution is 0.0852. The predicted molar refractivity (Wildman–Crippen MR) is 92.9 cm³/mol. The largest absolute Gasteiger partial charge is 0.390 e. The fourth-order valence-electron chi connectivity index (χ4n) is 3.57. The van der Waals surface area contributed by atoms with E-state index in [-0.39, 0.29) is 11.9 Å². The Morgan fingerprint density at radius 2 is 2.08 bits per heavy atom. The molecule has 0 radical (unpaired) electrons. The Kier molecular flexibility index (Phi) is 4.71. The van der Waals surface area contributed by atoms with Crippen molar-refractivity contribution in [1.29, 1.82) is 0 Å². The van der Waals surface area contributed by atoms with Crippen LogP contribution in [-0.2, 0) is 6.42 Å². The number of rotatable bonds is 5. The highest BCUT2D eigenvalue weighted by molar-refractivity contribution is 5.92. The van der Waals surface area contributed by atoms with Gasteiger partial charge in [0.2, 0.25) is 0 Å². The first-order valence-electron chi connectivity index (χ1n) is 8.68. The van der Waals surface area contributed by atoms with E-state index in [2.05, 4.69) is 24.3 Å². The van der Waals surface area contributed by atoms with Gasteiger partial charge in [0, 0.05) is 12.1 Å². The average molecular weight is 327 g/mol. The molecule has 0 bridgehead atoms. The summed E-state index contributed by atoms with van der Waals surface area (Å²) in [6.45, 7) is 6.23. The van der Waals surface area contributed by atoms with Gasteiger partial charge in [-0.1, -0.05) is 38.1 Å². The molecule has 1 aliphatic rings. The van der Waals surface area contributed by atoms with E-state index in [0.29, 0.717) is 18.2 Å². The summed E-state index contributed by atoms with van der Waals surface area (Å²) >= 11 is 0. The van der Waals surface area contributed by atoms with E-state index >= 15 is 0 Å². The molecule has 1 heterocycles. The van der Waals surface area contributed by atoms with Gasteiger partial charge in [0.15, 0.2) is 0 Å². The Bertz CT molecular complexity index is 734. The highest BCUT2D eigenvalue weighted by Crippen LogP contribution is 2.31. The van der Waals surface area contributed by atoms with Crippen LogP contribution in [0, 0.1) is 6.92 Å². The molecule has 1 aliphatic carbocycles. The molecule has 2 unspecified atom stereocenters. The lowest BCUT2D eigenvalue weighted by atomic mass is 10.1. The standard InChI is InChI=1S/C19H25N3O2/c1-4-14(5-2)22-12(3)10-16(21-22)19(24)20-18-15-9-7-6-8-13(15)11-17(18)23/h6-10,14,17-18,23H,4-5,11H2,1-3H3,(H,20,24). The Morgan fingerprint density at radius 3 is 2.79 bits per heavy atom. The van der Waals surface area contributed by atoms with E-state index in [4.69, 9.17) is 0 Å². The van der Waals surface area contributed by atoms with E-state index in [9.17, 15) is 9.90 Å². The number of fused-ring (bicyclic) bond motifs is 1. The molecule has 0 fully saturated rings. The van der Waals surface area contributed by atoms with Gasteiger partial charge in [0.25, 0.3) is 5.91 Å². The summed E-state index contributed by atoms with van der Waals surface area (Å²) in [7, 11) is 0. The van der Waals surface area contributed by atoms with Gasteiger partial charge in [0.1, 0.15) is 5.69 Å². The third kappa shape index (κ3) is 2.96. The van der Waals surface area contributed by atoms with E-state index in [0.717, 1.165) is 29.7 Å². The van der Waals surface area contributed by atoms with Crippen LogP contribution in [0.3, 0.4) is 0 Å². The summed E-state index contributed by atoms with van der Waals surface area (Å²) in [6.07, 6.45) is 1.94. The SMILES string of the molecule is CCC(CC)n1nc(C(=O)NC2c3ccccc3CC2O)cc1C. The molecule has 0 spiro atoms. The summed E-state index contributed by atoms with van der Waals surface area (Å²) in [4.78, 5) is 12.6. The van der Waals surface area contributed by atoms with Crippen LogP contribution in [0.15, 0.2) is 30.3 Å². The topological polar surface area (TPSA) is 67.2 Å². The fourth-order valence-corrected chi connectivity index (χ4v) is 3.57. The minimum Gasteiger partial charge on any atom is -0.390 e. The molecule has 1 aromatic heterocycles. The first-order chi connectivity index (χ1) is 11.5. The highest BCUT2D eigenvalue weighted by Gasteiger charge is 2.32. The van der Waals surface area contributed by atoms with E-state index < -0.39 is 6.10 Å². The number of aromatic nitrogens is 2. The summed E-state index contributed by atoms with van der Waals surface area (Å²) in [6, 6.07) is 9.61. The summed E-state index contributed by atoms with van der Waals surface area (Å²) < 4.78 is 1.94. The average Bonchev–Trinajstić information content (AvgIpc) is 3.10. The third-order valence-electron chi connectivity index (χ3n) is 4.93. The molecule has 0 saturated heterocycles. The monoisotopic (exact) mass is 327 g/mol. The number of aliphatic hydroxyl groups excluding tert-OH is 1. The van der Waals surface area contributed by atoms with Crippen LogP contribution < -0.4 is 5.32 Å². The van der Waals surface area contributed by atoms with Crippen LogP contribution in [0.5, 0.6) is 0 Å². The van der Waals surface area contributed by atoms with Crippen LogP contribution in [0.25, 0.3) is 0 Å². The van der Waals surface area contributed by atoms with Crippen molar-refractivity contribution in [2.45, 2.75) is 58.2 Å². The zero-order valence-corrected chi connectivity index (χ0v) is 14.5. The maximum absolute atomic E-state index is 12.6. The molecule has 1 amide bonds. The summed E-state index contributed by atoms with van der Waals surface area (Å²) in [5.41, 5.74) is 3.49. The van der Waals surface area contributed by atoms with Crippen LogP contribution >= 0.6 is 0 Å². The number of amides is 1. The third-order valence-corrected chi connectivity index (χ3v) is 4.93. The van der Waals surface area contributed by atoms with Gasteiger partial charge in [0.05, 0.1) is 18.2 Å². The van der Waals surface area contributed by atoms with Crippen molar-refractivity contribution in [3.8, 4) is 0 Å². The Hall–Kier alpha value is -2.14. The van der Waals surface area contributed by atoms with Gasteiger partial charge in [-0.15, -0.1) is 0 Å². The van der Waals surface area contributed by atoms with Crippen molar-refractivity contribution in [1.82, 2.24) is 15.1 Å². The van der Waals surface area contributed by atoms with Gasteiger partial charge < -0.3 is 10.4 Å². The number of hydrogen-bond donors (Lipinski definition) is 2. The smallest absolute Gasteiger partial charge is 0.272 e. The number of nitrogens with one attached hydrogen (secondary N) is 1. The second-order valence-electron chi connectivity index (χ2n) is 6.51. The normalized spacial score (nSPS) is 19.5. The van der Waals surface area contributed by atoms with Crippen molar-refractivity contribution >= 4 is 5.91 Å². The van der Waals surface area contributed by atoms with Gasteiger partial charge in [-0.2, -0.15) is 5.10 Å². The quantitative estimate of drug-likeness (QED) is 0.887.